The molecule has 0 saturated heterocycles. The number of amides is 2. The first kappa shape index (κ1) is 19.0. The highest BCUT2D eigenvalue weighted by atomic mass is 16.5. The van der Waals surface area contributed by atoms with E-state index in [4.69, 9.17) is 10.00 Å². The van der Waals surface area contributed by atoms with E-state index in [-0.39, 0.29) is 17.7 Å². The summed E-state index contributed by atoms with van der Waals surface area (Å²) < 4.78 is 5.59. The van der Waals surface area contributed by atoms with Crippen molar-refractivity contribution in [1.82, 2.24) is 0 Å². The molecule has 1 unspecified atom stereocenters. The van der Waals surface area contributed by atoms with Crippen LogP contribution in [0.4, 0.5) is 11.4 Å². The minimum absolute atomic E-state index is 0.0988. The van der Waals surface area contributed by atoms with Crippen LogP contribution in [-0.2, 0) is 9.59 Å². The number of anilines is 2. The molecular weight excluding hydrogens is 330 g/mol. The normalized spacial score (nSPS) is 11.3. The van der Waals surface area contributed by atoms with Crippen molar-refractivity contribution >= 4 is 23.2 Å². The fourth-order valence-corrected chi connectivity index (χ4v) is 2.11. The molecule has 0 aliphatic heterocycles. The molecule has 1 atom stereocenters. The molecule has 6 heteroatoms. The van der Waals surface area contributed by atoms with Gasteiger partial charge in [-0.25, -0.2) is 0 Å². The molecule has 2 amide bonds. The Hall–Kier alpha value is -3.33. The number of rotatable bonds is 6. The van der Waals surface area contributed by atoms with E-state index in [9.17, 15) is 9.59 Å². The summed E-state index contributed by atoms with van der Waals surface area (Å²) in [5, 5.41) is 14.6. The summed E-state index contributed by atoms with van der Waals surface area (Å²) in [4.78, 5) is 24.1. The van der Waals surface area contributed by atoms with Crippen molar-refractivity contribution in [3.05, 3.63) is 54.1 Å². The van der Waals surface area contributed by atoms with Gasteiger partial charge >= 0.3 is 0 Å². The highest BCUT2D eigenvalue weighted by molar-refractivity contribution is 5.96. The molecule has 134 valence electrons. The smallest absolute Gasteiger partial charge is 0.265 e. The second kappa shape index (κ2) is 8.67. The van der Waals surface area contributed by atoms with Crippen LogP contribution in [0.3, 0.4) is 0 Å². The predicted molar refractivity (Wildman–Crippen MR) is 99.8 cm³/mol. The first-order chi connectivity index (χ1) is 12.4. The van der Waals surface area contributed by atoms with E-state index in [0.717, 1.165) is 0 Å². The standard InChI is InChI=1S/C20H21N3O3/c1-13(2)19(24)22-16-8-6-9-17(11-16)23-20(25)14(3)26-18-10-5-4-7-15(18)12-21/h4-11,13-14H,1-3H3,(H,22,24)(H,23,25). The van der Waals surface area contributed by atoms with Crippen molar-refractivity contribution in [2.24, 2.45) is 5.92 Å². The quantitative estimate of drug-likeness (QED) is 0.832. The molecule has 0 aromatic heterocycles. The van der Waals surface area contributed by atoms with Crippen molar-refractivity contribution in [2.75, 3.05) is 10.6 Å². The average Bonchev–Trinajstić information content (AvgIpc) is 2.62. The topological polar surface area (TPSA) is 91.2 Å². The van der Waals surface area contributed by atoms with Gasteiger partial charge in [-0.1, -0.05) is 32.0 Å². The van der Waals surface area contributed by atoms with Crippen LogP contribution in [0.15, 0.2) is 48.5 Å². The number of nitrogens with zero attached hydrogens (tertiary/aromatic N) is 1. The molecular formula is C20H21N3O3. The number of carbonyl (C=O) groups excluding carboxylic acids is 2. The molecule has 2 N–H and O–H groups in total. The zero-order valence-corrected chi connectivity index (χ0v) is 14.9. The van der Waals surface area contributed by atoms with E-state index < -0.39 is 6.10 Å². The van der Waals surface area contributed by atoms with E-state index in [1.54, 1.807) is 69.3 Å². The van der Waals surface area contributed by atoms with E-state index in [1.165, 1.54) is 0 Å². The van der Waals surface area contributed by atoms with Gasteiger partial charge in [0.2, 0.25) is 5.91 Å². The minimum atomic E-state index is -0.793. The molecule has 0 heterocycles. The van der Waals surface area contributed by atoms with Gasteiger partial charge in [-0.2, -0.15) is 5.26 Å². The second-order valence-corrected chi connectivity index (χ2v) is 6.08. The third kappa shape index (κ3) is 5.08. The van der Waals surface area contributed by atoms with Crippen LogP contribution >= 0.6 is 0 Å². The van der Waals surface area contributed by atoms with Gasteiger partial charge in [0, 0.05) is 17.3 Å². The number of hydrogen-bond donors (Lipinski definition) is 2. The summed E-state index contributed by atoms with van der Waals surface area (Å²) in [6, 6.07) is 15.6. The van der Waals surface area contributed by atoms with Gasteiger partial charge in [0.05, 0.1) is 5.56 Å². The minimum Gasteiger partial charge on any atom is -0.480 e. The van der Waals surface area contributed by atoms with Crippen molar-refractivity contribution < 1.29 is 14.3 Å². The lowest BCUT2D eigenvalue weighted by Crippen LogP contribution is -2.30. The van der Waals surface area contributed by atoms with Crippen LogP contribution in [-0.4, -0.2) is 17.9 Å². The number of nitriles is 1. The summed E-state index contributed by atoms with van der Waals surface area (Å²) in [5.74, 6) is -0.235. The molecule has 0 aliphatic rings. The third-order valence-corrected chi connectivity index (χ3v) is 3.60. The molecule has 0 bridgehead atoms. The fraction of sp³-hybridized carbons (Fsp3) is 0.250. The zero-order valence-electron chi connectivity index (χ0n) is 14.9. The number of nitrogens with one attached hydrogen (secondary N) is 2. The van der Waals surface area contributed by atoms with Crippen molar-refractivity contribution in [3.8, 4) is 11.8 Å². The van der Waals surface area contributed by atoms with Gasteiger partial charge < -0.3 is 15.4 Å². The van der Waals surface area contributed by atoms with Crippen LogP contribution in [0.25, 0.3) is 0 Å². The molecule has 26 heavy (non-hydrogen) atoms. The highest BCUT2D eigenvalue weighted by Gasteiger charge is 2.17. The molecule has 0 spiro atoms. The maximum Gasteiger partial charge on any atom is 0.265 e. The van der Waals surface area contributed by atoms with Crippen LogP contribution in [0, 0.1) is 17.2 Å². The first-order valence-corrected chi connectivity index (χ1v) is 8.28. The first-order valence-electron chi connectivity index (χ1n) is 8.28. The van der Waals surface area contributed by atoms with Gasteiger partial charge in [0.1, 0.15) is 11.8 Å². The maximum atomic E-state index is 12.4. The SMILES string of the molecule is CC(C)C(=O)Nc1cccc(NC(=O)C(C)Oc2ccccc2C#N)c1. The molecule has 6 nitrogen and oxygen atoms in total. The average molecular weight is 351 g/mol. The number of hydrogen-bond acceptors (Lipinski definition) is 4. The fourth-order valence-electron chi connectivity index (χ4n) is 2.11. The summed E-state index contributed by atoms with van der Waals surface area (Å²) in [6.07, 6.45) is -0.793. The largest absolute Gasteiger partial charge is 0.480 e. The number of ether oxygens (including phenoxy) is 1. The van der Waals surface area contributed by atoms with Crippen molar-refractivity contribution in [1.29, 1.82) is 5.26 Å². The van der Waals surface area contributed by atoms with Crippen LogP contribution in [0.2, 0.25) is 0 Å². The lowest BCUT2D eigenvalue weighted by atomic mass is 10.2. The molecule has 2 rings (SSSR count). The Balaban J connectivity index is 2.03. The molecule has 0 radical (unpaired) electrons. The van der Waals surface area contributed by atoms with Crippen molar-refractivity contribution in [2.45, 2.75) is 26.9 Å². The van der Waals surface area contributed by atoms with Crippen LogP contribution in [0.5, 0.6) is 5.75 Å². The van der Waals surface area contributed by atoms with Gasteiger partial charge in [-0.15, -0.1) is 0 Å². The molecule has 0 saturated carbocycles. The number of benzene rings is 2. The Morgan fingerprint density at radius 1 is 0.962 bits per heavy atom. The van der Waals surface area contributed by atoms with E-state index in [2.05, 4.69) is 10.6 Å². The Bertz CT molecular complexity index is 840. The second-order valence-electron chi connectivity index (χ2n) is 6.08. The van der Waals surface area contributed by atoms with Crippen molar-refractivity contribution in [3.63, 3.8) is 0 Å². The molecule has 2 aromatic carbocycles. The number of para-hydroxylation sites is 1. The van der Waals surface area contributed by atoms with Gasteiger partial charge in [-0.3, -0.25) is 9.59 Å². The number of carbonyl (C=O) groups is 2. The third-order valence-electron chi connectivity index (χ3n) is 3.60. The van der Waals surface area contributed by atoms with Crippen LogP contribution in [0.1, 0.15) is 26.3 Å². The lowest BCUT2D eigenvalue weighted by Gasteiger charge is -2.16. The highest BCUT2D eigenvalue weighted by Crippen LogP contribution is 2.20. The molecule has 0 aliphatic carbocycles. The Labute approximate surface area is 152 Å². The van der Waals surface area contributed by atoms with Crippen LogP contribution < -0.4 is 15.4 Å². The van der Waals surface area contributed by atoms with E-state index in [0.29, 0.717) is 22.7 Å². The Morgan fingerprint density at radius 3 is 2.19 bits per heavy atom. The predicted octanol–water partition coefficient (Wildman–Crippen LogP) is 3.56. The zero-order chi connectivity index (χ0) is 19.1. The maximum absolute atomic E-state index is 12.4. The van der Waals surface area contributed by atoms with Gasteiger partial charge in [0.25, 0.3) is 5.91 Å². The van der Waals surface area contributed by atoms with Gasteiger partial charge in [-0.05, 0) is 37.3 Å². The summed E-state index contributed by atoms with van der Waals surface area (Å²) in [5.41, 5.74) is 1.51. The Kier molecular flexibility index (Phi) is 6.34. The Morgan fingerprint density at radius 2 is 1.58 bits per heavy atom. The summed E-state index contributed by atoms with van der Waals surface area (Å²) in [6.45, 7) is 5.21. The molecule has 2 aromatic rings. The summed E-state index contributed by atoms with van der Waals surface area (Å²) in [7, 11) is 0. The van der Waals surface area contributed by atoms with Gasteiger partial charge in [0.15, 0.2) is 6.10 Å². The van der Waals surface area contributed by atoms with E-state index >= 15 is 0 Å². The monoisotopic (exact) mass is 351 g/mol. The lowest BCUT2D eigenvalue weighted by molar-refractivity contribution is -0.122. The van der Waals surface area contributed by atoms with E-state index in [1.807, 2.05) is 6.07 Å². The molecule has 0 fully saturated rings. The summed E-state index contributed by atoms with van der Waals surface area (Å²) >= 11 is 0.